The molecule has 3 nitrogen and oxygen atoms in total. The van der Waals surface area contributed by atoms with Crippen LogP contribution in [0.4, 0.5) is 0 Å². The normalized spacial score (nSPS) is 27.8. The van der Waals surface area contributed by atoms with Crippen LogP contribution in [0.2, 0.25) is 0 Å². The highest BCUT2D eigenvalue weighted by atomic mass is 16.5. The average Bonchev–Trinajstić information content (AvgIpc) is 2.79. The van der Waals surface area contributed by atoms with Crippen LogP contribution in [0.5, 0.6) is 0 Å². The Morgan fingerprint density at radius 1 is 1.33 bits per heavy atom. The van der Waals surface area contributed by atoms with E-state index in [2.05, 4.69) is 18.7 Å². The summed E-state index contributed by atoms with van der Waals surface area (Å²) in [6.45, 7) is 9.74. The first-order chi connectivity index (χ1) is 6.91. The Labute approximate surface area is 92.4 Å². The Morgan fingerprint density at radius 2 is 1.93 bits per heavy atom. The summed E-state index contributed by atoms with van der Waals surface area (Å²) < 4.78 is 5.70. The van der Waals surface area contributed by atoms with Crippen LogP contribution in [-0.4, -0.2) is 48.0 Å². The third-order valence-corrected chi connectivity index (χ3v) is 3.37. The van der Waals surface area contributed by atoms with Crippen LogP contribution in [0.3, 0.4) is 0 Å². The predicted octanol–water partition coefficient (Wildman–Crippen LogP) is 1.26. The first kappa shape index (κ1) is 11.4. The lowest BCUT2D eigenvalue weighted by atomic mass is 9.94. The van der Waals surface area contributed by atoms with Crippen LogP contribution < -0.4 is 0 Å². The summed E-state index contributed by atoms with van der Waals surface area (Å²) in [5.41, 5.74) is -0.0181. The first-order valence-corrected chi connectivity index (χ1v) is 5.97. The second-order valence-electron chi connectivity index (χ2n) is 6.00. The number of β-amino-alcohol motifs (C(OH)–C–C–N with tert-alkyl or cyclic N) is 1. The molecule has 0 bridgehead atoms. The SMILES string of the molecule is CC(C)OCC1(CN2CC(C)(O)C2)CC1. The summed E-state index contributed by atoms with van der Waals surface area (Å²) in [4.78, 5) is 2.34. The fourth-order valence-corrected chi connectivity index (χ4v) is 2.37. The number of ether oxygens (including phenoxy) is 1. The van der Waals surface area contributed by atoms with Crippen molar-refractivity contribution in [2.45, 2.75) is 45.3 Å². The molecule has 88 valence electrons. The van der Waals surface area contributed by atoms with Gasteiger partial charge in [0, 0.05) is 25.0 Å². The first-order valence-electron chi connectivity index (χ1n) is 5.97. The number of hydrogen-bond acceptors (Lipinski definition) is 3. The van der Waals surface area contributed by atoms with Gasteiger partial charge in [0.15, 0.2) is 0 Å². The van der Waals surface area contributed by atoms with Crippen molar-refractivity contribution in [3.8, 4) is 0 Å². The van der Waals surface area contributed by atoms with Gasteiger partial charge >= 0.3 is 0 Å². The van der Waals surface area contributed by atoms with E-state index in [9.17, 15) is 5.11 Å². The number of likely N-dealkylation sites (tertiary alicyclic amines) is 1. The topological polar surface area (TPSA) is 32.7 Å². The minimum absolute atomic E-state index is 0.335. The zero-order valence-corrected chi connectivity index (χ0v) is 10.1. The van der Waals surface area contributed by atoms with E-state index in [0.717, 1.165) is 26.2 Å². The third kappa shape index (κ3) is 2.92. The molecule has 2 rings (SSSR count). The number of rotatable bonds is 5. The van der Waals surface area contributed by atoms with Gasteiger partial charge < -0.3 is 9.84 Å². The highest BCUT2D eigenvalue weighted by Crippen LogP contribution is 2.47. The van der Waals surface area contributed by atoms with Crippen molar-refractivity contribution in [1.82, 2.24) is 4.90 Å². The fourth-order valence-electron chi connectivity index (χ4n) is 2.37. The van der Waals surface area contributed by atoms with E-state index in [-0.39, 0.29) is 0 Å². The molecule has 1 heterocycles. The summed E-state index contributed by atoms with van der Waals surface area (Å²) in [6.07, 6.45) is 2.92. The summed E-state index contributed by atoms with van der Waals surface area (Å²) in [5.74, 6) is 0. The van der Waals surface area contributed by atoms with Crippen molar-refractivity contribution >= 4 is 0 Å². The zero-order chi connectivity index (χ0) is 11.1. The quantitative estimate of drug-likeness (QED) is 0.746. The molecule has 0 atom stereocenters. The largest absolute Gasteiger partial charge is 0.388 e. The smallest absolute Gasteiger partial charge is 0.0872 e. The molecule has 1 saturated carbocycles. The average molecular weight is 213 g/mol. The lowest BCUT2D eigenvalue weighted by Crippen LogP contribution is -2.61. The minimum Gasteiger partial charge on any atom is -0.388 e. The summed E-state index contributed by atoms with van der Waals surface area (Å²) in [7, 11) is 0. The van der Waals surface area contributed by atoms with E-state index < -0.39 is 5.60 Å². The number of hydrogen-bond donors (Lipinski definition) is 1. The number of aliphatic hydroxyl groups is 1. The van der Waals surface area contributed by atoms with Gasteiger partial charge in [-0.2, -0.15) is 0 Å². The van der Waals surface area contributed by atoms with Gasteiger partial charge in [0.25, 0.3) is 0 Å². The second kappa shape index (κ2) is 3.72. The third-order valence-electron chi connectivity index (χ3n) is 3.37. The molecule has 1 aliphatic heterocycles. The highest BCUT2D eigenvalue weighted by molar-refractivity contribution is 5.01. The van der Waals surface area contributed by atoms with Crippen molar-refractivity contribution in [2.75, 3.05) is 26.2 Å². The summed E-state index contributed by atoms with van der Waals surface area (Å²) >= 11 is 0. The van der Waals surface area contributed by atoms with Crippen LogP contribution in [-0.2, 0) is 4.74 Å². The van der Waals surface area contributed by atoms with Crippen LogP contribution in [0, 0.1) is 5.41 Å². The van der Waals surface area contributed by atoms with Gasteiger partial charge in [0.05, 0.1) is 18.3 Å². The molecule has 0 aromatic heterocycles. The van der Waals surface area contributed by atoms with E-state index in [4.69, 9.17) is 4.74 Å². The fraction of sp³-hybridized carbons (Fsp3) is 1.00. The predicted molar refractivity (Wildman–Crippen MR) is 59.8 cm³/mol. The molecule has 0 spiro atoms. The van der Waals surface area contributed by atoms with Crippen molar-refractivity contribution in [3.05, 3.63) is 0 Å². The molecule has 1 N–H and O–H groups in total. The lowest BCUT2D eigenvalue weighted by molar-refractivity contribution is -0.0960. The van der Waals surface area contributed by atoms with Gasteiger partial charge in [-0.05, 0) is 33.6 Å². The van der Waals surface area contributed by atoms with Gasteiger partial charge in [-0.25, -0.2) is 0 Å². The molecule has 1 saturated heterocycles. The standard InChI is InChI=1S/C12H23NO2/c1-10(2)15-9-12(4-5-12)8-13-6-11(3,14)7-13/h10,14H,4-9H2,1-3H3. The molecule has 0 unspecified atom stereocenters. The van der Waals surface area contributed by atoms with E-state index in [0.29, 0.717) is 11.5 Å². The summed E-state index contributed by atoms with van der Waals surface area (Å²) in [5, 5.41) is 9.65. The van der Waals surface area contributed by atoms with E-state index in [1.165, 1.54) is 12.8 Å². The molecular weight excluding hydrogens is 190 g/mol. The molecule has 0 amide bonds. The Morgan fingerprint density at radius 3 is 2.33 bits per heavy atom. The molecule has 3 heteroatoms. The Kier molecular flexibility index (Phi) is 2.82. The number of nitrogens with zero attached hydrogens (tertiary/aromatic N) is 1. The Bertz CT molecular complexity index is 226. The van der Waals surface area contributed by atoms with Crippen LogP contribution in [0.25, 0.3) is 0 Å². The van der Waals surface area contributed by atoms with E-state index in [1.54, 1.807) is 0 Å². The van der Waals surface area contributed by atoms with Crippen molar-refractivity contribution in [3.63, 3.8) is 0 Å². The Balaban J connectivity index is 1.71. The molecule has 0 radical (unpaired) electrons. The monoisotopic (exact) mass is 213 g/mol. The molecule has 2 fully saturated rings. The lowest BCUT2D eigenvalue weighted by Gasteiger charge is -2.45. The molecule has 0 aromatic rings. The van der Waals surface area contributed by atoms with Gasteiger partial charge in [-0.1, -0.05) is 0 Å². The highest BCUT2D eigenvalue weighted by Gasteiger charge is 2.48. The van der Waals surface area contributed by atoms with Gasteiger partial charge in [0.1, 0.15) is 0 Å². The maximum atomic E-state index is 9.65. The zero-order valence-electron chi connectivity index (χ0n) is 10.1. The van der Waals surface area contributed by atoms with Gasteiger partial charge in [-0.3, -0.25) is 4.90 Å². The van der Waals surface area contributed by atoms with Gasteiger partial charge in [0.2, 0.25) is 0 Å². The van der Waals surface area contributed by atoms with E-state index in [1.807, 2.05) is 6.92 Å². The second-order valence-corrected chi connectivity index (χ2v) is 6.00. The minimum atomic E-state index is -0.436. The molecule has 0 aromatic carbocycles. The Hall–Kier alpha value is -0.120. The maximum absolute atomic E-state index is 9.65. The molecular formula is C12H23NO2. The molecule has 2 aliphatic rings. The van der Waals surface area contributed by atoms with Crippen LogP contribution in [0.15, 0.2) is 0 Å². The molecule has 15 heavy (non-hydrogen) atoms. The van der Waals surface area contributed by atoms with Crippen molar-refractivity contribution in [1.29, 1.82) is 0 Å². The van der Waals surface area contributed by atoms with Crippen molar-refractivity contribution in [2.24, 2.45) is 5.41 Å². The molecule has 1 aliphatic carbocycles. The maximum Gasteiger partial charge on any atom is 0.0872 e. The van der Waals surface area contributed by atoms with Crippen LogP contribution in [0.1, 0.15) is 33.6 Å². The van der Waals surface area contributed by atoms with Crippen LogP contribution >= 0.6 is 0 Å². The van der Waals surface area contributed by atoms with E-state index >= 15 is 0 Å². The van der Waals surface area contributed by atoms with Crippen molar-refractivity contribution < 1.29 is 9.84 Å². The van der Waals surface area contributed by atoms with Gasteiger partial charge in [-0.15, -0.1) is 0 Å². The summed E-state index contributed by atoms with van der Waals surface area (Å²) in [6, 6.07) is 0.